The molecule has 0 atom stereocenters. The molecule has 0 saturated carbocycles. The van der Waals surface area contributed by atoms with Crippen molar-refractivity contribution in [2.45, 2.75) is 31.3 Å². The van der Waals surface area contributed by atoms with E-state index >= 15 is 0 Å². The van der Waals surface area contributed by atoms with E-state index in [4.69, 9.17) is 4.74 Å². The highest BCUT2D eigenvalue weighted by atomic mass is 32.2. The highest BCUT2D eigenvalue weighted by molar-refractivity contribution is 7.91. The van der Waals surface area contributed by atoms with Gasteiger partial charge in [-0.05, 0) is 38.5 Å². The van der Waals surface area contributed by atoms with Gasteiger partial charge >= 0.3 is 6.09 Å². The predicted molar refractivity (Wildman–Crippen MR) is 151 cm³/mol. The summed E-state index contributed by atoms with van der Waals surface area (Å²) in [5.41, 5.74) is 2.10. The van der Waals surface area contributed by atoms with E-state index in [-0.39, 0.29) is 16.8 Å². The molecule has 2 amide bonds. The van der Waals surface area contributed by atoms with Crippen molar-refractivity contribution in [2.24, 2.45) is 0 Å². The molecule has 0 spiro atoms. The Bertz CT molecular complexity index is 1670. The summed E-state index contributed by atoms with van der Waals surface area (Å²) in [6, 6.07) is 14.6. The van der Waals surface area contributed by atoms with Crippen LogP contribution in [0.4, 0.5) is 4.79 Å². The highest BCUT2D eigenvalue weighted by Gasteiger charge is 2.29. The van der Waals surface area contributed by atoms with Gasteiger partial charge in [0, 0.05) is 67.5 Å². The maximum Gasteiger partial charge on any atom is 0.410 e. The molecule has 0 radical (unpaired) electrons. The monoisotopic (exact) mass is 561 g/mol. The Balaban J connectivity index is 1.43. The van der Waals surface area contributed by atoms with Crippen LogP contribution in [0.5, 0.6) is 0 Å². The minimum absolute atomic E-state index is 0.128. The van der Waals surface area contributed by atoms with E-state index in [1.807, 2.05) is 51.1 Å². The van der Waals surface area contributed by atoms with Gasteiger partial charge in [0.2, 0.25) is 5.95 Å². The molecule has 3 heterocycles. The second-order valence-corrected chi connectivity index (χ2v) is 12.7. The summed E-state index contributed by atoms with van der Waals surface area (Å²) in [6.07, 6.45) is 5.61. The third-order valence-electron chi connectivity index (χ3n) is 6.59. The summed E-state index contributed by atoms with van der Waals surface area (Å²) >= 11 is 0. The van der Waals surface area contributed by atoms with Gasteiger partial charge < -0.3 is 14.5 Å². The number of ether oxygens (including phenoxy) is 1. The van der Waals surface area contributed by atoms with E-state index in [0.717, 1.165) is 17.4 Å². The first-order valence-corrected chi connectivity index (χ1v) is 14.8. The molecule has 1 aliphatic rings. The Kier molecular flexibility index (Phi) is 7.09. The first-order valence-electron chi connectivity index (χ1n) is 12.9. The molecular weight excluding hydrogens is 530 g/mol. The quantitative estimate of drug-likeness (QED) is 0.367. The summed E-state index contributed by atoms with van der Waals surface area (Å²) in [5.74, 6) is 0.0786. The number of carbonyl (C=O) groups excluding carboxylic acids is 2. The number of piperazine rings is 1. The van der Waals surface area contributed by atoms with Crippen LogP contribution in [0.15, 0.2) is 72.0 Å². The molecule has 1 aliphatic heterocycles. The molecule has 5 rings (SSSR count). The van der Waals surface area contributed by atoms with Crippen molar-refractivity contribution >= 4 is 32.7 Å². The van der Waals surface area contributed by atoms with Gasteiger partial charge in [0.05, 0.1) is 10.4 Å². The van der Waals surface area contributed by atoms with Gasteiger partial charge in [0.25, 0.3) is 5.91 Å². The van der Waals surface area contributed by atoms with Crippen LogP contribution in [0, 0.1) is 0 Å². The van der Waals surface area contributed by atoms with Crippen LogP contribution in [-0.2, 0) is 14.6 Å². The van der Waals surface area contributed by atoms with Crippen molar-refractivity contribution in [1.29, 1.82) is 0 Å². The molecular formula is C29H31N5O5S. The van der Waals surface area contributed by atoms with Gasteiger partial charge in [-0.25, -0.2) is 23.2 Å². The van der Waals surface area contributed by atoms with Crippen LogP contribution in [0.2, 0.25) is 0 Å². The predicted octanol–water partition coefficient (Wildman–Crippen LogP) is 4.18. The molecule has 208 valence electrons. The zero-order valence-corrected chi connectivity index (χ0v) is 23.7. The average Bonchev–Trinajstić information content (AvgIpc) is 3.32. The Hall–Kier alpha value is -4.25. The van der Waals surface area contributed by atoms with Crippen molar-refractivity contribution < 1.29 is 22.7 Å². The maximum absolute atomic E-state index is 13.4. The number of hydrogen-bond acceptors (Lipinski definition) is 7. The van der Waals surface area contributed by atoms with Crippen LogP contribution >= 0.6 is 0 Å². The second-order valence-electron chi connectivity index (χ2n) is 10.8. The molecule has 0 aliphatic carbocycles. The molecule has 40 heavy (non-hydrogen) atoms. The van der Waals surface area contributed by atoms with Crippen LogP contribution in [0.3, 0.4) is 0 Å². The van der Waals surface area contributed by atoms with Gasteiger partial charge in [-0.15, -0.1) is 0 Å². The third kappa shape index (κ3) is 5.69. The van der Waals surface area contributed by atoms with Gasteiger partial charge in [-0.1, -0.05) is 36.4 Å². The fourth-order valence-corrected chi connectivity index (χ4v) is 5.49. The number of carbonyl (C=O) groups is 2. The normalized spacial score (nSPS) is 14.4. The van der Waals surface area contributed by atoms with E-state index in [2.05, 4.69) is 9.97 Å². The lowest BCUT2D eigenvalue weighted by Crippen LogP contribution is -2.51. The summed E-state index contributed by atoms with van der Waals surface area (Å²) in [6.45, 7) is 6.88. The number of rotatable bonds is 4. The van der Waals surface area contributed by atoms with Crippen LogP contribution in [0.25, 0.3) is 28.0 Å². The minimum Gasteiger partial charge on any atom is -0.444 e. The summed E-state index contributed by atoms with van der Waals surface area (Å²) in [4.78, 5) is 38.2. The van der Waals surface area contributed by atoms with Crippen molar-refractivity contribution in [3.63, 3.8) is 0 Å². The second kappa shape index (κ2) is 10.4. The zero-order chi connectivity index (χ0) is 28.7. The van der Waals surface area contributed by atoms with E-state index in [1.165, 1.54) is 6.20 Å². The first kappa shape index (κ1) is 27.3. The fourth-order valence-electron chi connectivity index (χ4n) is 4.62. The van der Waals surface area contributed by atoms with Crippen LogP contribution < -0.4 is 0 Å². The summed E-state index contributed by atoms with van der Waals surface area (Å²) in [5, 5.41) is 0.476. The van der Waals surface area contributed by atoms with Crippen molar-refractivity contribution in [3.05, 3.63) is 72.7 Å². The third-order valence-corrected chi connectivity index (χ3v) is 7.72. The first-order chi connectivity index (χ1) is 18.9. The molecule has 11 heteroatoms. The molecule has 0 N–H and O–H groups in total. The maximum atomic E-state index is 13.4. The van der Waals surface area contributed by atoms with E-state index in [0.29, 0.717) is 42.6 Å². The minimum atomic E-state index is -3.57. The standard InChI is InChI=1S/C29H31N5O5S/c1-29(2,3)39-28(36)33-14-12-32(13-15-33)26(35)21-10-11-23-24(16-21)34(19-25(23)40(4,37)38)27-30-17-22(18-31-27)20-8-6-5-7-9-20/h5-11,16-19H,12-15H2,1-4H3. The summed E-state index contributed by atoms with van der Waals surface area (Å²) < 4.78 is 32.2. The molecule has 1 saturated heterocycles. The topological polar surface area (TPSA) is 115 Å². The van der Waals surface area contributed by atoms with Gasteiger partial charge in [0.1, 0.15) is 5.60 Å². The van der Waals surface area contributed by atoms with Crippen molar-refractivity contribution in [1.82, 2.24) is 24.3 Å². The van der Waals surface area contributed by atoms with E-state index in [1.54, 1.807) is 45.0 Å². The molecule has 10 nitrogen and oxygen atoms in total. The number of sulfone groups is 1. The largest absolute Gasteiger partial charge is 0.444 e. The molecule has 2 aromatic heterocycles. The summed E-state index contributed by atoms with van der Waals surface area (Å²) in [7, 11) is -3.57. The lowest BCUT2D eigenvalue weighted by atomic mass is 10.1. The Morgan fingerprint density at radius 1 is 0.875 bits per heavy atom. The number of hydrogen-bond donors (Lipinski definition) is 0. The fraction of sp³-hybridized carbons (Fsp3) is 0.310. The van der Waals surface area contributed by atoms with Crippen molar-refractivity contribution in [2.75, 3.05) is 32.4 Å². The lowest BCUT2D eigenvalue weighted by molar-refractivity contribution is 0.0141. The van der Waals surface area contributed by atoms with Crippen LogP contribution in [0.1, 0.15) is 31.1 Å². The average molecular weight is 562 g/mol. The molecule has 2 aromatic carbocycles. The smallest absolute Gasteiger partial charge is 0.410 e. The van der Waals surface area contributed by atoms with Crippen LogP contribution in [-0.4, -0.2) is 82.8 Å². The Morgan fingerprint density at radius 3 is 2.10 bits per heavy atom. The number of benzene rings is 2. The zero-order valence-electron chi connectivity index (χ0n) is 22.9. The highest BCUT2D eigenvalue weighted by Crippen LogP contribution is 2.29. The number of nitrogens with zero attached hydrogens (tertiary/aromatic N) is 5. The van der Waals surface area contributed by atoms with E-state index in [9.17, 15) is 18.0 Å². The van der Waals surface area contributed by atoms with Gasteiger partial charge in [-0.3, -0.25) is 9.36 Å². The van der Waals surface area contributed by atoms with Crippen molar-refractivity contribution in [3.8, 4) is 17.1 Å². The number of fused-ring (bicyclic) bond motifs is 1. The number of aromatic nitrogens is 3. The molecule has 0 unspecified atom stereocenters. The SMILES string of the molecule is CC(C)(C)OC(=O)N1CCN(C(=O)c2ccc3c(S(C)(=O)=O)cn(-c4ncc(-c5ccccc5)cn4)c3c2)CC1. The van der Waals surface area contributed by atoms with Gasteiger partial charge in [0.15, 0.2) is 9.84 Å². The van der Waals surface area contributed by atoms with E-state index < -0.39 is 21.5 Å². The molecule has 1 fully saturated rings. The lowest BCUT2D eigenvalue weighted by Gasteiger charge is -2.35. The Labute approximate surface area is 233 Å². The molecule has 4 aromatic rings. The number of amides is 2. The molecule has 0 bridgehead atoms. The van der Waals surface area contributed by atoms with Gasteiger partial charge in [-0.2, -0.15) is 0 Å². The Morgan fingerprint density at radius 2 is 1.50 bits per heavy atom.